The molecule has 5 heteroatoms. The summed E-state index contributed by atoms with van der Waals surface area (Å²) in [5.41, 5.74) is 0. The molecule has 0 unspecified atom stereocenters. The summed E-state index contributed by atoms with van der Waals surface area (Å²) in [5.74, 6) is 0.882. The van der Waals surface area contributed by atoms with Crippen molar-refractivity contribution in [3.05, 3.63) is 0 Å². The second-order valence-electron chi connectivity index (χ2n) is 5.10. The molecule has 0 heterocycles. The first-order valence-corrected chi connectivity index (χ1v) is 6.88. The molecule has 0 saturated heterocycles. The lowest BCUT2D eigenvalue weighted by Gasteiger charge is -2.16. The van der Waals surface area contributed by atoms with E-state index in [-0.39, 0.29) is 11.9 Å². The van der Waals surface area contributed by atoms with Crippen LogP contribution in [0.4, 0.5) is 0 Å². The van der Waals surface area contributed by atoms with E-state index in [0.717, 1.165) is 5.96 Å². The molecule has 1 rings (SSSR count). The van der Waals surface area contributed by atoms with E-state index in [0.29, 0.717) is 19.0 Å². The maximum Gasteiger partial charge on any atom is 0.221 e. The summed E-state index contributed by atoms with van der Waals surface area (Å²) >= 11 is 0. The zero-order valence-corrected chi connectivity index (χ0v) is 11.8. The highest BCUT2D eigenvalue weighted by molar-refractivity contribution is 5.81. The van der Waals surface area contributed by atoms with Gasteiger partial charge >= 0.3 is 0 Å². The molecule has 5 nitrogen and oxygen atoms in total. The van der Waals surface area contributed by atoms with Gasteiger partial charge in [-0.25, -0.2) is 0 Å². The van der Waals surface area contributed by atoms with Crippen LogP contribution in [-0.4, -0.2) is 37.5 Å². The average molecular weight is 254 g/mol. The van der Waals surface area contributed by atoms with Crippen LogP contribution < -0.4 is 16.0 Å². The van der Waals surface area contributed by atoms with Crippen LogP contribution in [0.15, 0.2) is 4.99 Å². The number of carbonyl (C=O) groups is 1. The summed E-state index contributed by atoms with van der Waals surface area (Å²) < 4.78 is 0. The Balaban J connectivity index is 2.17. The van der Waals surface area contributed by atoms with Crippen LogP contribution in [0.25, 0.3) is 0 Å². The quantitative estimate of drug-likeness (QED) is 0.507. The average Bonchev–Trinajstić information content (AvgIpc) is 2.79. The first-order valence-electron chi connectivity index (χ1n) is 6.88. The van der Waals surface area contributed by atoms with E-state index >= 15 is 0 Å². The molecule has 1 aliphatic rings. The largest absolute Gasteiger partial charge is 0.356 e. The van der Waals surface area contributed by atoms with Crippen LogP contribution in [-0.2, 0) is 4.79 Å². The maximum absolute atomic E-state index is 11.5. The van der Waals surface area contributed by atoms with Gasteiger partial charge in [0.25, 0.3) is 0 Å². The SMILES string of the molecule is CN=C(NCCC(=O)NC(C)C)NC1CCCC1. The minimum Gasteiger partial charge on any atom is -0.356 e. The number of hydrogen-bond donors (Lipinski definition) is 3. The molecular weight excluding hydrogens is 228 g/mol. The van der Waals surface area contributed by atoms with E-state index in [1.165, 1.54) is 25.7 Å². The highest BCUT2D eigenvalue weighted by Gasteiger charge is 2.15. The van der Waals surface area contributed by atoms with Crippen molar-refractivity contribution in [2.75, 3.05) is 13.6 Å². The van der Waals surface area contributed by atoms with Gasteiger partial charge in [0, 0.05) is 32.1 Å². The fraction of sp³-hybridized carbons (Fsp3) is 0.846. The Hall–Kier alpha value is -1.26. The molecule has 1 aliphatic carbocycles. The van der Waals surface area contributed by atoms with Crippen molar-refractivity contribution in [1.82, 2.24) is 16.0 Å². The molecule has 0 aromatic heterocycles. The predicted molar refractivity (Wildman–Crippen MR) is 74.6 cm³/mol. The molecule has 0 atom stereocenters. The van der Waals surface area contributed by atoms with E-state index in [2.05, 4.69) is 20.9 Å². The lowest BCUT2D eigenvalue weighted by molar-refractivity contribution is -0.121. The van der Waals surface area contributed by atoms with Crippen molar-refractivity contribution >= 4 is 11.9 Å². The first kappa shape index (κ1) is 14.8. The number of guanidine groups is 1. The lowest BCUT2D eigenvalue weighted by atomic mass is 10.2. The highest BCUT2D eigenvalue weighted by Crippen LogP contribution is 2.17. The fourth-order valence-electron chi connectivity index (χ4n) is 2.15. The zero-order valence-electron chi connectivity index (χ0n) is 11.8. The van der Waals surface area contributed by atoms with Crippen molar-refractivity contribution in [2.24, 2.45) is 4.99 Å². The molecule has 1 saturated carbocycles. The van der Waals surface area contributed by atoms with Gasteiger partial charge in [-0.3, -0.25) is 9.79 Å². The number of carbonyl (C=O) groups excluding carboxylic acids is 1. The van der Waals surface area contributed by atoms with Crippen LogP contribution in [0, 0.1) is 0 Å². The number of rotatable bonds is 5. The van der Waals surface area contributed by atoms with Gasteiger partial charge in [-0.2, -0.15) is 0 Å². The molecule has 18 heavy (non-hydrogen) atoms. The van der Waals surface area contributed by atoms with Crippen molar-refractivity contribution in [2.45, 2.75) is 58.0 Å². The number of hydrogen-bond acceptors (Lipinski definition) is 2. The monoisotopic (exact) mass is 254 g/mol. The predicted octanol–water partition coefficient (Wildman–Crippen LogP) is 1.01. The number of aliphatic imine (C=N–C) groups is 1. The van der Waals surface area contributed by atoms with Crippen molar-refractivity contribution in [3.63, 3.8) is 0 Å². The first-order chi connectivity index (χ1) is 8.61. The molecular formula is C13H26N4O. The standard InChI is InChI=1S/C13H26N4O/c1-10(2)16-12(18)8-9-15-13(14-3)17-11-6-4-5-7-11/h10-11H,4-9H2,1-3H3,(H,16,18)(H2,14,15,17). The second-order valence-corrected chi connectivity index (χ2v) is 5.10. The van der Waals surface area contributed by atoms with Crippen LogP contribution >= 0.6 is 0 Å². The summed E-state index contributed by atoms with van der Waals surface area (Å²) in [7, 11) is 1.76. The van der Waals surface area contributed by atoms with Gasteiger partial charge in [0.2, 0.25) is 5.91 Å². The van der Waals surface area contributed by atoms with E-state index < -0.39 is 0 Å². The van der Waals surface area contributed by atoms with Crippen molar-refractivity contribution in [3.8, 4) is 0 Å². The van der Waals surface area contributed by atoms with E-state index in [4.69, 9.17) is 0 Å². The summed E-state index contributed by atoms with van der Waals surface area (Å²) in [5, 5.41) is 9.43. The minimum atomic E-state index is 0.0776. The molecule has 3 N–H and O–H groups in total. The van der Waals surface area contributed by atoms with E-state index in [9.17, 15) is 4.79 Å². The Kier molecular flexibility index (Phi) is 6.54. The Bertz CT molecular complexity index is 283. The molecule has 0 aromatic rings. The van der Waals surface area contributed by atoms with Gasteiger partial charge in [0.15, 0.2) is 5.96 Å². The molecule has 0 spiro atoms. The normalized spacial score (nSPS) is 17.0. The summed E-state index contributed by atoms with van der Waals surface area (Å²) in [4.78, 5) is 15.6. The van der Waals surface area contributed by atoms with Crippen molar-refractivity contribution in [1.29, 1.82) is 0 Å². The van der Waals surface area contributed by atoms with Gasteiger partial charge < -0.3 is 16.0 Å². The van der Waals surface area contributed by atoms with Crippen LogP contribution in [0.1, 0.15) is 46.0 Å². The Morgan fingerprint density at radius 3 is 2.56 bits per heavy atom. The van der Waals surface area contributed by atoms with Crippen molar-refractivity contribution < 1.29 is 4.79 Å². The molecule has 0 aromatic carbocycles. The molecule has 0 radical (unpaired) electrons. The lowest BCUT2D eigenvalue weighted by Crippen LogP contribution is -2.43. The summed E-state index contributed by atoms with van der Waals surface area (Å²) in [6, 6.07) is 0.745. The molecule has 1 amide bonds. The summed E-state index contributed by atoms with van der Waals surface area (Å²) in [6.07, 6.45) is 5.50. The number of nitrogens with one attached hydrogen (secondary N) is 3. The highest BCUT2D eigenvalue weighted by atomic mass is 16.1. The van der Waals surface area contributed by atoms with Gasteiger partial charge in [-0.1, -0.05) is 12.8 Å². The molecule has 0 bridgehead atoms. The fourth-order valence-corrected chi connectivity index (χ4v) is 2.15. The third kappa shape index (κ3) is 5.89. The number of amides is 1. The maximum atomic E-state index is 11.5. The van der Waals surface area contributed by atoms with E-state index in [1.54, 1.807) is 7.05 Å². The third-order valence-electron chi connectivity index (χ3n) is 3.01. The van der Waals surface area contributed by atoms with Gasteiger partial charge in [-0.05, 0) is 26.7 Å². The Labute approximate surface area is 110 Å². The Morgan fingerprint density at radius 2 is 2.00 bits per heavy atom. The molecule has 0 aliphatic heterocycles. The molecule has 104 valence electrons. The van der Waals surface area contributed by atoms with Crippen LogP contribution in [0.5, 0.6) is 0 Å². The van der Waals surface area contributed by atoms with Gasteiger partial charge in [0.05, 0.1) is 0 Å². The van der Waals surface area contributed by atoms with Crippen LogP contribution in [0.3, 0.4) is 0 Å². The second kappa shape index (κ2) is 7.95. The van der Waals surface area contributed by atoms with E-state index in [1.807, 2.05) is 13.8 Å². The smallest absolute Gasteiger partial charge is 0.221 e. The van der Waals surface area contributed by atoms with Crippen LogP contribution in [0.2, 0.25) is 0 Å². The zero-order chi connectivity index (χ0) is 13.4. The topological polar surface area (TPSA) is 65.5 Å². The van der Waals surface area contributed by atoms with Gasteiger partial charge in [0.1, 0.15) is 0 Å². The molecule has 1 fully saturated rings. The third-order valence-corrected chi connectivity index (χ3v) is 3.01. The minimum absolute atomic E-state index is 0.0776. The summed E-state index contributed by atoms with van der Waals surface area (Å²) in [6.45, 7) is 4.54. The Morgan fingerprint density at radius 1 is 1.33 bits per heavy atom. The van der Waals surface area contributed by atoms with Gasteiger partial charge in [-0.15, -0.1) is 0 Å². The number of nitrogens with zero attached hydrogens (tertiary/aromatic N) is 1.